The Balaban J connectivity index is 1.84. The lowest BCUT2D eigenvalue weighted by atomic mass is 10.2. The van der Waals surface area contributed by atoms with Crippen molar-refractivity contribution in [1.82, 2.24) is 5.32 Å². The molecule has 2 aromatic carbocycles. The molecule has 0 bridgehead atoms. The lowest BCUT2D eigenvalue weighted by molar-refractivity contribution is 0.0946. The first-order chi connectivity index (χ1) is 10.9. The first-order valence-electron chi connectivity index (χ1n) is 6.66. The minimum Gasteiger partial charge on any atom is -0.489 e. The number of hydrogen-bond donors (Lipinski definition) is 2. The molecule has 1 amide bonds. The molecule has 23 heavy (non-hydrogen) atoms. The minimum absolute atomic E-state index is 0.0723. The molecule has 0 saturated carbocycles. The highest BCUT2D eigenvalue weighted by Crippen LogP contribution is 2.14. The maximum absolute atomic E-state index is 13.3. The maximum Gasteiger partial charge on any atom is 0.251 e. The molecule has 0 radical (unpaired) electrons. The SMILES string of the molecule is NS(=O)(=O)c1ccc(C(=O)NCCOc2ccccc2F)cc1. The highest BCUT2D eigenvalue weighted by Gasteiger charge is 2.10. The normalized spacial score (nSPS) is 11.0. The van der Waals surface area contributed by atoms with Crippen molar-refractivity contribution in [3.8, 4) is 5.75 Å². The van der Waals surface area contributed by atoms with Crippen LogP contribution >= 0.6 is 0 Å². The number of amides is 1. The summed E-state index contributed by atoms with van der Waals surface area (Å²) >= 11 is 0. The monoisotopic (exact) mass is 338 g/mol. The lowest BCUT2D eigenvalue weighted by Crippen LogP contribution is -2.28. The number of carbonyl (C=O) groups is 1. The summed E-state index contributed by atoms with van der Waals surface area (Å²) in [5.41, 5.74) is 0.281. The number of primary sulfonamides is 1. The second-order valence-electron chi connectivity index (χ2n) is 4.60. The Morgan fingerprint density at radius 2 is 1.78 bits per heavy atom. The zero-order valence-electron chi connectivity index (χ0n) is 12.0. The summed E-state index contributed by atoms with van der Waals surface area (Å²) in [5, 5.41) is 7.55. The van der Waals surface area contributed by atoms with Gasteiger partial charge in [0.2, 0.25) is 10.0 Å². The van der Waals surface area contributed by atoms with E-state index in [2.05, 4.69) is 5.32 Å². The minimum atomic E-state index is -3.79. The number of rotatable bonds is 6. The number of para-hydroxylation sites is 1. The van der Waals surface area contributed by atoms with Crippen LogP contribution in [-0.2, 0) is 10.0 Å². The fraction of sp³-hybridized carbons (Fsp3) is 0.133. The van der Waals surface area contributed by atoms with Crippen molar-refractivity contribution in [2.75, 3.05) is 13.2 Å². The van der Waals surface area contributed by atoms with Crippen molar-refractivity contribution < 1.29 is 22.3 Å². The number of sulfonamides is 1. The first kappa shape index (κ1) is 16.9. The van der Waals surface area contributed by atoms with E-state index in [4.69, 9.17) is 9.88 Å². The summed E-state index contributed by atoms with van der Waals surface area (Å²) in [6.45, 7) is 0.270. The third-order valence-corrected chi connectivity index (χ3v) is 3.86. The third kappa shape index (κ3) is 4.76. The molecule has 8 heteroatoms. The fourth-order valence-corrected chi connectivity index (χ4v) is 2.30. The van der Waals surface area contributed by atoms with Crippen molar-refractivity contribution >= 4 is 15.9 Å². The van der Waals surface area contributed by atoms with Gasteiger partial charge < -0.3 is 10.1 Å². The average molecular weight is 338 g/mol. The van der Waals surface area contributed by atoms with Gasteiger partial charge in [0.15, 0.2) is 11.6 Å². The van der Waals surface area contributed by atoms with Gasteiger partial charge in [-0.3, -0.25) is 4.79 Å². The largest absolute Gasteiger partial charge is 0.489 e. The van der Waals surface area contributed by atoms with Gasteiger partial charge >= 0.3 is 0 Å². The quantitative estimate of drug-likeness (QED) is 0.775. The molecule has 6 nitrogen and oxygen atoms in total. The van der Waals surface area contributed by atoms with Crippen LogP contribution in [0.5, 0.6) is 5.75 Å². The van der Waals surface area contributed by atoms with Crippen LogP contribution in [0.2, 0.25) is 0 Å². The molecule has 0 aliphatic carbocycles. The average Bonchev–Trinajstić information content (AvgIpc) is 2.52. The number of carbonyl (C=O) groups excluding carboxylic acids is 1. The number of hydrogen-bond acceptors (Lipinski definition) is 4. The van der Waals surface area contributed by atoms with E-state index in [0.717, 1.165) is 0 Å². The van der Waals surface area contributed by atoms with E-state index in [0.29, 0.717) is 0 Å². The second-order valence-corrected chi connectivity index (χ2v) is 6.17. The van der Waals surface area contributed by atoms with Gasteiger partial charge in [-0.05, 0) is 36.4 Å². The second kappa shape index (κ2) is 7.21. The fourth-order valence-electron chi connectivity index (χ4n) is 1.79. The molecule has 3 N–H and O–H groups in total. The molecule has 0 fully saturated rings. The van der Waals surface area contributed by atoms with Gasteiger partial charge in [0.1, 0.15) is 6.61 Å². The summed E-state index contributed by atoms with van der Waals surface area (Å²) in [4.78, 5) is 11.8. The number of nitrogens with one attached hydrogen (secondary N) is 1. The zero-order chi connectivity index (χ0) is 16.9. The van der Waals surface area contributed by atoms with Crippen molar-refractivity contribution in [3.63, 3.8) is 0 Å². The van der Waals surface area contributed by atoms with Gasteiger partial charge in [-0.25, -0.2) is 17.9 Å². The Bertz CT molecular complexity index is 791. The summed E-state index contributed by atoms with van der Waals surface area (Å²) < 4.78 is 40.7. The van der Waals surface area contributed by atoms with Crippen LogP contribution in [0.15, 0.2) is 53.4 Å². The Kier molecular flexibility index (Phi) is 5.30. The molecule has 0 aliphatic heterocycles. The van der Waals surface area contributed by atoms with Crippen LogP contribution in [-0.4, -0.2) is 27.5 Å². The highest BCUT2D eigenvalue weighted by atomic mass is 32.2. The van der Waals surface area contributed by atoms with Gasteiger partial charge in [0.25, 0.3) is 5.91 Å². The van der Waals surface area contributed by atoms with E-state index in [9.17, 15) is 17.6 Å². The highest BCUT2D eigenvalue weighted by molar-refractivity contribution is 7.89. The van der Waals surface area contributed by atoms with Gasteiger partial charge in [-0.2, -0.15) is 0 Å². The molecule has 2 aromatic rings. The van der Waals surface area contributed by atoms with Gasteiger partial charge in [0, 0.05) is 5.56 Å². The van der Waals surface area contributed by atoms with Gasteiger partial charge in [-0.1, -0.05) is 12.1 Å². The van der Waals surface area contributed by atoms with Crippen LogP contribution in [0.4, 0.5) is 4.39 Å². The zero-order valence-corrected chi connectivity index (χ0v) is 12.8. The molecule has 0 spiro atoms. The van der Waals surface area contributed by atoms with Crippen LogP contribution in [0.25, 0.3) is 0 Å². The number of nitrogens with two attached hydrogens (primary N) is 1. The smallest absolute Gasteiger partial charge is 0.251 e. The lowest BCUT2D eigenvalue weighted by Gasteiger charge is -2.08. The van der Waals surface area contributed by atoms with E-state index in [1.54, 1.807) is 12.1 Å². The van der Waals surface area contributed by atoms with E-state index in [1.165, 1.54) is 36.4 Å². The van der Waals surface area contributed by atoms with Gasteiger partial charge in [0.05, 0.1) is 11.4 Å². The molecule has 0 saturated heterocycles. The van der Waals surface area contributed by atoms with E-state index < -0.39 is 21.7 Å². The first-order valence-corrected chi connectivity index (χ1v) is 8.21. The Morgan fingerprint density at radius 1 is 1.13 bits per heavy atom. The molecule has 122 valence electrons. The van der Waals surface area contributed by atoms with Crippen LogP contribution < -0.4 is 15.2 Å². The predicted molar refractivity (Wildman–Crippen MR) is 82.0 cm³/mol. The van der Waals surface area contributed by atoms with Gasteiger partial charge in [-0.15, -0.1) is 0 Å². The number of benzene rings is 2. The summed E-state index contributed by atoms with van der Waals surface area (Å²) in [6, 6.07) is 11.2. The van der Waals surface area contributed by atoms with Crippen LogP contribution in [0, 0.1) is 5.82 Å². The van der Waals surface area contributed by atoms with E-state index >= 15 is 0 Å². The summed E-state index contributed by atoms with van der Waals surface area (Å²) in [7, 11) is -3.79. The Hall–Kier alpha value is -2.45. The molecule has 0 heterocycles. The van der Waals surface area contributed by atoms with Crippen molar-refractivity contribution in [1.29, 1.82) is 0 Å². The van der Waals surface area contributed by atoms with Crippen LogP contribution in [0.1, 0.15) is 10.4 Å². The summed E-state index contributed by atoms with van der Waals surface area (Å²) in [5.74, 6) is -0.764. The molecule has 0 aromatic heterocycles. The van der Waals surface area contributed by atoms with Crippen molar-refractivity contribution in [2.45, 2.75) is 4.90 Å². The summed E-state index contributed by atoms with van der Waals surface area (Å²) in [6.07, 6.45) is 0. The van der Waals surface area contributed by atoms with Crippen molar-refractivity contribution in [2.24, 2.45) is 5.14 Å². The molecular weight excluding hydrogens is 323 g/mol. The van der Waals surface area contributed by atoms with E-state index in [1.807, 2.05) is 0 Å². The predicted octanol–water partition coefficient (Wildman–Crippen LogP) is 1.28. The standard InChI is InChI=1S/C15H15FN2O4S/c16-13-3-1-2-4-14(13)22-10-9-18-15(19)11-5-7-12(8-6-11)23(17,20)21/h1-8H,9-10H2,(H,18,19)(H2,17,20,21). The molecular formula is C15H15FN2O4S. The third-order valence-electron chi connectivity index (χ3n) is 2.93. The molecule has 0 atom stereocenters. The molecule has 0 unspecified atom stereocenters. The van der Waals surface area contributed by atoms with Crippen LogP contribution in [0.3, 0.4) is 0 Å². The maximum atomic E-state index is 13.3. The Labute approximate surface area is 133 Å². The Morgan fingerprint density at radius 3 is 2.39 bits per heavy atom. The van der Waals surface area contributed by atoms with Crippen molar-refractivity contribution in [3.05, 3.63) is 59.9 Å². The molecule has 0 aliphatic rings. The van der Waals surface area contributed by atoms with E-state index in [-0.39, 0.29) is 29.4 Å². The number of ether oxygens (including phenoxy) is 1. The molecule has 2 rings (SSSR count). The topological polar surface area (TPSA) is 98.5 Å². The number of halogens is 1.